The van der Waals surface area contributed by atoms with Crippen LogP contribution in [0.5, 0.6) is 0 Å². The van der Waals surface area contributed by atoms with E-state index in [1.54, 1.807) is 0 Å². The van der Waals surface area contributed by atoms with Crippen LogP contribution in [-0.4, -0.2) is 41.3 Å². The Bertz CT molecular complexity index is 653. The lowest BCUT2D eigenvalue weighted by molar-refractivity contribution is 0.134. The molecule has 4 heteroatoms. The van der Waals surface area contributed by atoms with Crippen molar-refractivity contribution in [2.45, 2.75) is 102 Å². The monoisotopic (exact) mass is 442 g/mol. The summed E-state index contributed by atoms with van der Waals surface area (Å²) in [7, 11) is 0. The van der Waals surface area contributed by atoms with Crippen LogP contribution in [0.4, 0.5) is 5.69 Å². The molecule has 2 N–H and O–H groups in total. The number of aliphatic imine (C=N–C) groups is 1. The molecule has 2 rings (SSSR count). The number of nitrogens with zero attached hydrogens (tertiary/aromatic N) is 2. The minimum atomic E-state index is -0.814. The van der Waals surface area contributed by atoms with Crippen molar-refractivity contribution in [1.29, 1.82) is 0 Å². The van der Waals surface area contributed by atoms with Gasteiger partial charge < -0.3 is 15.1 Å². The predicted octanol–water partition coefficient (Wildman–Crippen LogP) is 6.67. The highest BCUT2D eigenvalue weighted by molar-refractivity contribution is 6.07. The lowest BCUT2D eigenvalue weighted by Crippen LogP contribution is -2.41. The van der Waals surface area contributed by atoms with E-state index in [-0.39, 0.29) is 13.2 Å². The summed E-state index contributed by atoms with van der Waals surface area (Å²) in [5.74, 6) is 0.828. The average molecular weight is 443 g/mol. The summed E-state index contributed by atoms with van der Waals surface area (Å²) in [5, 5.41) is 19.6. The number of allylic oxidation sites excluding steroid dienone is 1. The number of amidine groups is 1. The number of unbranched alkanes of at least 4 members (excludes halogenated alkanes) is 13. The minimum Gasteiger partial charge on any atom is -0.394 e. The van der Waals surface area contributed by atoms with Crippen molar-refractivity contribution >= 4 is 11.5 Å². The summed E-state index contributed by atoms with van der Waals surface area (Å²) >= 11 is 0. The van der Waals surface area contributed by atoms with Crippen molar-refractivity contribution in [3.05, 3.63) is 42.5 Å². The van der Waals surface area contributed by atoms with Crippen LogP contribution < -0.4 is 4.90 Å². The summed E-state index contributed by atoms with van der Waals surface area (Å²) in [6.07, 6.45) is 23.1. The van der Waals surface area contributed by atoms with Gasteiger partial charge in [-0.05, 0) is 31.1 Å². The van der Waals surface area contributed by atoms with Crippen LogP contribution in [0.3, 0.4) is 0 Å². The number of aliphatic hydroxyl groups is 2. The van der Waals surface area contributed by atoms with E-state index in [4.69, 9.17) is 0 Å². The Kier molecular flexibility index (Phi) is 13.3. The number of para-hydroxylation sites is 1. The van der Waals surface area contributed by atoms with Crippen LogP contribution in [-0.2, 0) is 0 Å². The lowest BCUT2D eigenvalue weighted by Gasteiger charge is -2.24. The first-order valence-corrected chi connectivity index (χ1v) is 13.1. The molecular weight excluding hydrogens is 396 g/mol. The first kappa shape index (κ1) is 26.6. The van der Waals surface area contributed by atoms with Crippen LogP contribution in [0.15, 0.2) is 47.5 Å². The molecule has 0 fully saturated rings. The van der Waals surface area contributed by atoms with E-state index in [9.17, 15) is 10.2 Å². The third-order valence-electron chi connectivity index (χ3n) is 6.48. The summed E-state index contributed by atoms with van der Waals surface area (Å²) in [4.78, 5) is 6.76. The maximum Gasteiger partial charge on any atom is 0.128 e. The Hall–Kier alpha value is -1.65. The topological polar surface area (TPSA) is 56.1 Å². The number of benzene rings is 1. The van der Waals surface area contributed by atoms with E-state index in [0.29, 0.717) is 6.54 Å². The Morgan fingerprint density at radius 1 is 0.812 bits per heavy atom. The highest BCUT2D eigenvalue weighted by Crippen LogP contribution is 2.27. The Labute approximate surface area is 196 Å². The van der Waals surface area contributed by atoms with Crippen molar-refractivity contribution in [1.82, 2.24) is 0 Å². The molecule has 32 heavy (non-hydrogen) atoms. The van der Waals surface area contributed by atoms with Crippen molar-refractivity contribution in [2.24, 2.45) is 4.99 Å². The number of hydrogen-bond donors (Lipinski definition) is 2. The smallest absolute Gasteiger partial charge is 0.128 e. The number of rotatable bonds is 18. The van der Waals surface area contributed by atoms with Gasteiger partial charge in [0.1, 0.15) is 11.4 Å². The molecule has 180 valence electrons. The van der Waals surface area contributed by atoms with Gasteiger partial charge in [-0.25, -0.2) is 0 Å². The molecule has 0 amide bonds. The Morgan fingerprint density at radius 3 is 1.88 bits per heavy atom. The average Bonchev–Trinajstić information content (AvgIpc) is 3.21. The van der Waals surface area contributed by atoms with Gasteiger partial charge in [0, 0.05) is 5.69 Å². The standard InChI is InChI=1S/C28H46N2O2/c1-2-3-4-5-6-7-8-9-10-11-12-13-14-15-19-22-27-29-28(24-31,25-32)23-30(27)26-20-17-16-18-21-26/h16-22,31-32H,2-15,23-25H2,1H3/b22-19+. The molecule has 0 unspecified atom stereocenters. The van der Waals surface area contributed by atoms with Gasteiger partial charge in [0.2, 0.25) is 0 Å². The maximum absolute atomic E-state index is 9.78. The van der Waals surface area contributed by atoms with Gasteiger partial charge in [0.15, 0.2) is 0 Å². The van der Waals surface area contributed by atoms with E-state index >= 15 is 0 Å². The zero-order valence-corrected chi connectivity index (χ0v) is 20.4. The minimum absolute atomic E-state index is 0.150. The van der Waals surface area contributed by atoms with E-state index < -0.39 is 5.54 Å². The van der Waals surface area contributed by atoms with Gasteiger partial charge in [0.25, 0.3) is 0 Å². The van der Waals surface area contributed by atoms with Crippen LogP contribution >= 0.6 is 0 Å². The van der Waals surface area contributed by atoms with Gasteiger partial charge in [-0.1, -0.05) is 108 Å². The summed E-state index contributed by atoms with van der Waals surface area (Å²) in [6, 6.07) is 10.1. The zero-order valence-electron chi connectivity index (χ0n) is 20.4. The van der Waals surface area contributed by atoms with Crippen molar-refractivity contribution in [2.75, 3.05) is 24.7 Å². The zero-order chi connectivity index (χ0) is 22.9. The van der Waals surface area contributed by atoms with Crippen molar-refractivity contribution in [3.63, 3.8) is 0 Å². The molecule has 0 saturated heterocycles. The van der Waals surface area contributed by atoms with Gasteiger partial charge in [-0.2, -0.15) is 0 Å². The third kappa shape index (κ3) is 9.46. The number of aliphatic hydroxyl groups excluding tert-OH is 2. The molecule has 1 aromatic rings. The van der Waals surface area contributed by atoms with Gasteiger partial charge in [-0.15, -0.1) is 0 Å². The second-order valence-electron chi connectivity index (χ2n) is 9.37. The van der Waals surface area contributed by atoms with E-state index in [2.05, 4.69) is 29.0 Å². The van der Waals surface area contributed by atoms with Gasteiger partial charge in [-0.3, -0.25) is 4.99 Å². The summed E-state index contributed by atoms with van der Waals surface area (Å²) in [5.41, 5.74) is 0.228. The molecule has 1 aromatic carbocycles. The molecule has 0 aromatic heterocycles. The molecule has 0 spiro atoms. The summed E-state index contributed by atoms with van der Waals surface area (Å²) < 4.78 is 0. The fourth-order valence-corrected chi connectivity index (χ4v) is 4.36. The first-order chi connectivity index (χ1) is 15.7. The van der Waals surface area contributed by atoms with Crippen molar-refractivity contribution < 1.29 is 10.2 Å². The molecule has 4 nitrogen and oxygen atoms in total. The maximum atomic E-state index is 9.78. The van der Waals surface area contributed by atoms with Crippen LogP contribution in [0.1, 0.15) is 96.8 Å². The predicted molar refractivity (Wildman–Crippen MR) is 138 cm³/mol. The van der Waals surface area contributed by atoms with Gasteiger partial charge in [0.05, 0.1) is 19.8 Å². The SMILES string of the molecule is CCCCCCCCCCCCCCC/C=C/C1=NC(CO)(CO)CN1c1ccccc1. The van der Waals surface area contributed by atoms with E-state index in [1.165, 1.54) is 83.5 Å². The Balaban J connectivity index is 1.60. The van der Waals surface area contributed by atoms with E-state index in [1.807, 2.05) is 30.3 Å². The van der Waals surface area contributed by atoms with Crippen LogP contribution in [0, 0.1) is 0 Å². The normalized spacial score (nSPS) is 15.6. The second-order valence-corrected chi connectivity index (χ2v) is 9.37. The van der Waals surface area contributed by atoms with Gasteiger partial charge >= 0.3 is 0 Å². The van der Waals surface area contributed by atoms with E-state index in [0.717, 1.165) is 17.9 Å². The largest absolute Gasteiger partial charge is 0.394 e. The Morgan fingerprint density at radius 2 is 1.34 bits per heavy atom. The fourth-order valence-electron chi connectivity index (χ4n) is 4.36. The lowest BCUT2D eigenvalue weighted by atomic mass is 10.0. The highest BCUT2D eigenvalue weighted by atomic mass is 16.3. The fraction of sp³-hybridized carbons (Fsp3) is 0.679. The number of hydrogen-bond acceptors (Lipinski definition) is 4. The molecule has 1 aliphatic heterocycles. The van der Waals surface area contributed by atoms with Crippen LogP contribution in [0.2, 0.25) is 0 Å². The quantitative estimate of drug-likeness (QED) is 0.250. The molecule has 0 bridgehead atoms. The summed E-state index contributed by atoms with van der Waals surface area (Å²) in [6.45, 7) is 2.48. The number of anilines is 1. The third-order valence-corrected chi connectivity index (χ3v) is 6.48. The molecular formula is C28H46N2O2. The molecule has 0 radical (unpaired) electrons. The van der Waals surface area contributed by atoms with Crippen LogP contribution in [0.25, 0.3) is 0 Å². The first-order valence-electron chi connectivity index (χ1n) is 13.1. The second kappa shape index (κ2) is 16.0. The molecule has 0 aliphatic carbocycles. The molecule has 0 atom stereocenters. The van der Waals surface area contributed by atoms with Crippen molar-refractivity contribution in [3.8, 4) is 0 Å². The highest BCUT2D eigenvalue weighted by Gasteiger charge is 2.38. The molecule has 0 saturated carbocycles. The molecule has 1 aliphatic rings. The molecule has 1 heterocycles.